The van der Waals surface area contributed by atoms with Crippen LogP contribution in [0.1, 0.15) is 41.6 Å². The minimum atomic E-state index is -0.257. The molecule has 1 N–H and O–H groups in total. The van der Waals surface area contributed by atoms with Crippen molar-refractivity contribution < 1.29 is 4.79 Å². The quantitative estimate of drug-likeness (QED) is 0.943. The third-order valence-corrected chi connectivity index (χ3v) is 3.37. The number of aromatic nitrogens is 3. The topological polar surface area (TPSA) is 59.8 Å². The highest BCUT2D eigenvalue weighted by atomic mass is 35.5. The van der Waals surface area contributed by atoms with Crippen molar-refractivity contribution in [1.29, 1.82) is 0 Å². The Labute approximate surface area is 123 Å². The van der Waals surface area contributed by atoms with Crippen LogP contribution in [-0.4, -0.2) is 20.7 Å². The number of rotatable bonds is 3. The third kappa shape index (κ3) is 2.67. The summed E-state index contributed by atoms with van der Waals surface area (Å²) in [6.45, 7) is 7.90. The van der Waals surface area contributed by atoms with Crippen molar-refractivity contribution in [2.75, 3.05) is 5.32 Å². The van der Waals surface area contributed by atoms with E-state index in [0.29, 0.717) is 10.6 Å². The Kier molecular flexibility index (Phi) is 4.09. The molecule has 0 saturated heterocycles. The lowest BCUT2D eigenvalue weighted by atomic mass is 10.2. The van der Waals surface area contributed by atoms with Gasteiger partial charge in [-0.3, -0.25) is 14.5 Å². The Bertz CT molecular complexity index is 649. The lowest BCUT2D eigenvalue weighted by Crippen LogP contribution is -2.14. The molecular weight excluding hydrogens is 276 g/mol. The lowest BCUT2D eigenvalue weighted by Gasteiger charge is -2.09. The molecule has 2 rings (SSSR count). The van der Waals surface area contributed by atoms with Gasteiger partial charge in [-0.2, -0.15) is 5.10 Å². The maximum Gasteiger partial charge on any atom is 0.257 e. The molecule has 106 valence electrons. The maximum absolute atomic E-state index is 12.3. The molecule has 2 heterocycles. The van der Waals surface area contributed by atoms with Gasteiger partial charge in [-0.25, -0.2) is 0 Å². The van der Waals surface area contributed by atoms with Gasteiger partial charge in [-0.1, -0.05) is 11.6 Å². The van der Waals surface area contributed by atoms with E-state index in [-0.39, 0.29) is 11.9 Å². The summed E-state index contributed by atoms with van der Waals surface area (Å²) >= 11 is 5.98. The molecule has 6 heteroatoms. The summed E-state index contributed by atoms with van der Waals surface area (Å²) in [4.78, 5) is 16.1. The van der Waals surface area contributed by atoms with E-state index >= 15 is 0 Å². The summed E-state index contributed by atoms with van der Waals surface area (Å²) in [5.74, 6) is -0.257. The molecule has 5 nitrogen and oxygen atoms in total. The Morgan fingerprint density at radius 1 is 1.40 bits per heavy atom. The van der Waals surface area contributed by atoms with E-state index in [1.54, 1.807) is 6.07 Å². The average molecular weight is 293 g/mol. The number of anilines is 1. The number of hydrogen-bond acceptors (Lipinski definition) is 3. The van der Waals surface area contributed by atoms with Crippen LogP contribution in [0.3, 0.4) is 0 Å². The molecule has 0 atom stereocenters. The number of halogens is 1. The van der Waals surface area contributed by atoms with Crippen LogP contribution in [-0.2, 0) is 0 Å². The minimum absolute atomic E-state index is 0.240. The van der Waals surface area contributed by atoms with Gasteiger partial charge in [0.15, 0.2) is 0 Å². The fourth-order valence-electron chi connectivity index (χ4n) is 2.09. The van der Waals surface area contributed by atoms with Crippen LogP contribution in [0, 0.1) is 13.8 Å². The van der Waals surface area contributed by atoms with Gasteiger partial charge in [0.1, 0.15) is 0 Å². The van der Waals surface area contributed by atoms with Crippen molar-refractivity contribution >= 4 is 23.2 Å². The van der Waals surface area contributed by atoms with Gasteiger partial charge < -0.3 is 5.32 Å². The normalized spacial score (nSPS) is 10.9. The molecule has 0 bridgehead atoms. The molecule has 0 fully saturated rings. The summed E-state index contributed by atoms with van der Waals surface area (Å²) < 4.78 is 1.89. The van der Waals surface area contributed by atoms with E-state index in [1.807, 2.05) is 32.4 Å². The smallest absolute Gasteiger partial charge is 0.257 e. The Morgan fingerprint density at radius 2 is 2.10 bits per heavy atom. The Hall–Kier alpha value is -1.88. The zero-order valence-corrected chi connectivity index (χ0v) is 12.7. The second-order valence-corrected chi connectivity index (χ2v) is 5.30. The van der Waals surface area contributed by atoms with Gasteiger partial charge in [-0.15, -0.1) is 0 Å². The first-order valence-electron chi connectivity index (χ1n) is 6.38. The van der Waals surface area contributed by atoms with Gasteiger partial charge in [0.2, 0.25) is 0 Å². The van der Waals surface area contributed by atoms with Gasteiger partial charge in [-0.05, 0) is 33.8 Å². The fraction of sp³-hybridized carbons (Fsp3) is 0.357. The minimum Gasteiger partial charge on any atom is -0.319 e. The molecule has 0 saturated carbocycles. The van der Waals surface area contributed by atoms with Crippen molar-refractivity contribution in [2.24, 2.45) is 0 Å². The molecular formula is C14H17ClN4O. The van der Waals surface area contributed by atoms with Crippen LogP contribution in [0.25, 0.3) is 0 Å². The highest BCUT2D eigenvalue weighted by Gasteiger charge is 2.17. The molecule has 1 amide bonds. The molecule has 2 aromatic rings. The zero-order valence-electron chi connectivity index (χ0n) is 11.9. The summed E-state index contributed by atoms with van der Waals surface area (Å²) in [6.07, 6.45) is 2.99. The Balaban J connectivity index is 2.31. The van der Waals surface area contributed by atoms with Crippen LogP contribution in [0.5, 0.6) is 0 Å². The highest BCUT2D eigenvalue weighted by Crippen LogP contribution is 2.24. The molecule has 0 aliphatic heterocycles. The van der Waals surface area contributed by atoms with Gasteiger partial charge in [0, 0.05) is 18.4 Å². The summed E-state index contributed by atoms with van der Waals surface area (Å²) in [5, 5.41) is 7.64. The summed E-state index contributed by atoms with van der Waals surface area (Å²) in [7, 11) is 0. The van der Waals surface area contributed by atoms with Gasteiger partial charge in [0.05, 0.1) is 27.7 Å². The second kappa shape index (κ2) is 5.63. The van der Waals surface area contributed by atoms with Crippen LogP contribution >= 0.6 is 11.6 Å². The molecule has 0 unspecified atom stereocenters. The van der Waals surface area contributed by atoms with Crippen molar-refractivity contribution in [3.8, 4) is 0 Å². The van der Waals surface area contributed by atoms with E-state index < -0.39 is 0 Å². The monoisotopic (exact) mass is 292 g/mol. The van der Waals surface area contributed by atoms with Crippen LogP contribution in [0.2, 0.25) is 5.02 Å². The number of nitrogens with one attached hydrogen (secondary N) is 1. The second-order valence-electron chi connectivity index (χ2n) is 4.89. The van der Waals surface area contributed by atoms with Crippen molar-refractivity contribution in [3.05, 3.63) is 40.4 Å². The first-order chi connectivity index (χ1) is 9.41. The third-order valence-electron chi connectivity index (χ3n) is 3.07. The number of hydrogen-bond donors (Lipinski definition) is 1. The van der Waals surface area contributed by atoms with Gasteiger partial charge in [0.25, 0.3) is 5.91 Å². The summed E-state index contributed by atoms with van der Waals surface area (Å²) in [5.41, 5.74) is 2.85. The van der Waals surface area contributed by atoms with E-state index in [1.165, 1.54) is 12.4 Å². The number of amides is 1. The summed E-state index contributed by atoms with van der Waals surface area (Å²) in [6, 6.07) is 1.83. The number of carbonyl (C=O) groups excluding carboxylic acids is 1. The molecule has 0 aliphatic carbocycles. The SMILES string of the molecule is Cc1nn(C(C)C)c(C)c1NC(=O)c1ccncc1Cl. The molecule has 0 aliphatic rings. The maximum atomic E-state index is 12.3. The first kappa shape index (κ1) is 14.5. The van der Waals surface area contributed by atoms with Crippen molar-refractivity contribution in [3.63, 3.8) is 0 Å². The highest BCUT2D eigenvalue weighted by molar-refractivity contribution is 6.34. The average Bonchev–Trinajstić information content (AvgIpc) is 2.67. The van der Waals surface area contributed by atoms with E-state index in [9.17, 15) is 4.79 Å². The zero-order chi connectivity index (χ0) is 14.9. The largest absolute Gasteiger partial charge is 0.319 e. The number of aryl methyl sites for hydroxylation is 1. The standard InChI is InChI=1S/C14H17ClN4O/c1-8(2)19-10(4)13(9(3)18-19)17-14(20)11-5-6-16-7-12(11)15/h5-8H,1-4H3,(H,17,20). The predicted octanol–water partition coefficient (Wildman–Crippen LogP) is 3.38. The molecule has 0 radical (unpaired) electrons. The Morgan fingerprint density at radius 3 is 2.65 bits per heavy atom. The molecule has 0 spiro atoms. The van der Waals surface area contributed by atoms with E-state index in [0.717, 1.165) is 17.1 Å². The van der Waals surface area contributed by atoms with Crippen LogP contribution in [0.15, 0.2) is 18.5 Å². The van der Waals surface area contributed by atoms with E-state index in [2.05, 4.69) is 15.4 Å². The molecule has 2 aromatic heterocycles. The molecule has 0 aromatic carbocycles. The van der Waals surface area contributed by atoms with Crippen LogP contribution < -0.4 is 5.32 Å². The number of nitrogens with zero attached hydrogens (tertiary/aromatic N) is 3. The van der Waals surface area contributed by atoms with Gasteiger partial charge >= 0.3 is 0 Å². The van der Waals surface area contributed by atoms with Crippen molar-refractivity contribution in [1.82, 2.24) is 14.8 Å². The predicted molar refractivity (Wildman–Crippen MR) is 79.3 cm³/mol. The number of carbonyl (C=O) groups is 1. The van der Waals surface area contributed by atoms with Crippen molar-refractivity contribution in [2.45, 2.75) is 33.7 Å². The fourth-order valence-corrected chi connectivity index (χ4v) is 2.29. The number of pyridine rings is 1. The lowest BCUT2D eigenvalue weighted by molar-refractivity contribution is 0.102. The first-order valence-corrected chi connectivity index (χ1v) is 6.76. The molecule has 20 heavy (non-hydrogen) atoms. The van der Waals surface area contributed by atoms with Crippen LogP contribution in [0.4, 0.5) is 5.69 Å². The van der Waals surface area contributed by atoms with E-state index in [4.69, 9.17) is 11.6 Å².